The average molecular weight is 271 g/mol. The van der Waals surface area contributed by atoms with Gasteiger partial charge in [0.15, 0.2) is 10.7 Å². The Labute approximate surface area is 111 Å². The zero-order valence-electron chi connectivity index (χ0n) is 11.1. The minimum atomic E-state index is -2.55. The SMILES string of the molecule is CCC(CCN(C)C)Oc1cccc([SH](=O)=O)c1. The van der Waals surface area contributed by atoms with Crippen molar-refractivity contribution in [2.75, 3.05) is 20.6 Å². The highest BCUT2D eigenvalue weighted by Gasteiger charge is 2.09. The van der Waals surface area contributed by atoms with Crippen LogP contribution in [0.1, 0.15) is 19.8 Å². The lowest BCUT2D eigenvalue weighted by molar-refractivity contribution is 0.172. The van der Waals surface area contributed by atoms with E-state index in [2.05, 4.69) is 11.8 Å². The van der Waals surface area contributed by atoms with Crippen LogP contribution in [0.5, 0.6) is 5.75 Å². The van der Waals surface area contributed by atoms with Crippen LogP contribution >= 0.6 is 0 Å². The fourth-order valence-corrected chi connectivity index (χ4v) is 2.05. The Balaban J connectivity index is 2.66. The van der Waals surface area contributed by atoms with E-state index in [0.717, 1.165) is 19.4 Å². The smallest absolute Gasteiger partial charge is 0.168 e. The molecule has 0 amide bonds. The monoisotopic (exact) mass is 271 g/mol. The van der Waals surface area contributed by atoms with Crippen LogP contribution in [0.15, 0.2) is 29.2 Å². The van der Waals surface area contributed by atoms with Crippen molar-refractivity contribution in [3.05, 3.63) is 24.3 Å². The molecule has 1 aromatic rings. The lowest BCUT2D eigenvalue weighted by Gasteiger charge is -2.19. The molecule has 0 N–H and O–H groups in total. The van der Waals surface area contributed by atoms with E-state index < -0.39 is 10.7 Å². The number of nitrogens with zero attached hydrogens (tertiary/aromatic N) is 1. The summed E-state index contributed by atoms with van der Waals surface area (Å²) in [5.41, 5.74) is 0. The first kappa shape index (κ1) is 15.0. The molecular weight excluding hydrogens is 250 g/mol. The maximum absolute atomic E-state index is 10.9. The molecule has 0 fully saturated rings. The van der Waals surface area contributed by atoms with Crippen LogP contribution in [0.25, 0.3) is 0 Å². The van der Waals surface area contributed by atoms with Crippen molar-refractivity contribution in [3.8, 4) is 5.75 Å². The molecule has 0 bridgehead atoms. The molecule has 1 atom stereocenters. The van der Waals surface area contributed by atoms with Crippen molar-refractivity contribution in [1.82, 2.24) is 4.90 Å². The van der Waals surface area contributed by atoms with Gasteiger partial charge in [-0.25, -0.2) is 8.42 Å². The summed E-state index contributed by atoms with van der Waals surface area (Å²) in [6.07, 6.45) is 1.95. The van der Waals surface area contributed by atoms with Gasteiger partial charge in [-0.05, 0) is 45.1 Å². The van der Waals surface area contributed by atoms with Gasteiger partial charge in [0.1, 0.15) is 5.75 Å². The molecule has 0 spiro atoms. The van der Waals surface area contributed by atoms with E-state index in [0.29, 0.717) is 10.6 Å². The lowest BCUT2D eigenvalue weighted by atomic mass is 10.2. The van der Waals surface area contributed by atoms with Crippen molar-refractivity contribution in [2.45, 2.75) is 30.8 Å². The predicted molar refractivity (Wildman–Crippen MR) is 72.9 cm³/mol. The van der Waals surface area contributed by atoms with Crippen LogP contribution in [-0.2, 0) is 10.7 Å². The van der Waals surface area contributed by atoms with Gasteiger partial charge in [-0.2, -0.15) is 0 Å². The summed E-state index contributed by atoms with van der Waals surface area (Å²) in [7, 11) is 1.50. The topological polar surface area (TPSA) is 46.6 Å². The highest BCUT2D eigenvalue weighted by molar-refractivity contribution is 7.72. The highest BCUT2D eigenvalue weighted by Crippen LogP contribution is 2.18. The van der Waals surface area contributed by atoms with E-state index in [1.165, 1.54) is 0 Å². The van der Waals surface area contributed by atoms with Gasteiger partial charge in [-0.3, -0.25) is 0 Å². The second-order valence-electron chi connectivity index (χ2n) is 4.49. The van der Waals surface area contributed by atoms with Gasteiger partial charge >= 0.3 is 0 Å². The van der Waals surface area contributed by atoms with Gasteiger partial charge in [0.05, 0.1) is 11.0 Å². The summed E-state index contributed by atoms with van der Waals surface area (Å²) in [4.78, 5) is 2.40. The fourth-order valence-electron chi connectivity index (χ4n) is 1.61. The number of benzene rings is 1. The number of hydrogen-bond donors (Lipinski definition) is 1. The van der Waals surface area contributed by atoms with Crippen LogP contribution in [0.3, 0.4) is 0 Å². The van der Waals surface area contributed by atoms with Gasteiger partial charge in [0, 0.05) is 6.54 Å². The summed E-state index contributed by atoms with van der Waals surface area (Å²) in [5.74, 6) is 0.623. The van der Waals surface area contributed by atoms with Gasteiger partial charge in [0.25, 0.3) is 0 Å². The Kier molecular flexibility index (Phi) is 6.15. The molecule has 0 aliphatic heterocycles. The molecule has 1 rings (SSSR count). The van der Waals surface area contributed by atoms with Crippen molar-refractivity contribution in [1.29, 1.82) is 0 Å². The molecular formula is C13H21NO3S. The zero-order chi connectivity index (χ0) is 13.5. The minimum Gasteiger partial charge on any atom is -0.490 e. The number of rotatable bonds is 7. The first-order valence-corrected chi connectivity index (χ1v) is 7.26. The summed E-state index contributed by atoms with van der Waals surface area (Å²) in [6.45, 7) is 3.02. The Bertz CT molecular complexity index is 436. The van der Waals surface area contributed by atoms with Gasteiger partial charge in [-0.1, -0.05) is 13.0 Å². The molecule has 0 aromatic heterocycles. The fraction of sp³-hybridized carbons (Fsp3) is 0.538. The summed E-state index contributed by atoms with van der Waals surface area (Å²) in [6, 6.07) is 6.64. The number of thiol groups is 1. The second kappa shape index (κ2) is 7.38. The first-order chi connectivity index (χ1) is 8.52. The van der Waals surface area contributed by atoms with E-state index >= 15 is 0 Å². The van der Waals surface area contributed by atoms with E-state index in [1.807, 2.05) is 14.1 Å². The molecule has 5 heteroatoms. The molecule has 0 heterocycles. The van der Waals surface area contributed by atoms with Crippen molar-refractivity contribution in [3.63, 3.8) is 0 Å². The first-order valence-electron chi connectivity index (χ1n) is 6.08. The third-order valence-electron chi connectivity index (χ3n) is 2.68. The Morgan fingerprint density at radius 3 is 2.61 bits per heavy atom. The Hall–Kier alpha value is -1.07. The molecule has 0 saturated heterocycles. The Morgan fingerprint density at radius 2 is 2.06 bits per heavy atom. The summed E-state index contributed by atoms with van der Waals surface area (Å²) < 4.78 is 27.6. The summed E-state index contributed by atoms with van der Waals surface area (Å²) >= 11 is 0. The standard InChI is InChI=1S/C13H21NO3S/c1-4-11(8-9-14(2)3)17-12-6-5-7-13(10-12)18(15)16/h5-7,10-11,18H,4,8-9H2,1-3H3. The van der Waals surface area contributed by atoms with Crippen molar-refractivity contribution in [2.24, 2.45) is 0 Å². The van der Waals surface area contributed by atoms with Gasteiger partial charge < -0.3 is 9.64 Å². The maximum Gasteiger partial charge on any atom is 0.168 e. The number of ether oxygens (including phenoxy) is 1. The van der Waals surface area contributed by atoms with Gasteiger partial charge in [-0.15, -0.1) is 0 Å². The number of hydrogen-bond acceptors (Lipinski definition) is 4. The quantitative estimate of drug-likeness (QED) is 0.768. The second-order valence-corrected chi connectivity index (χ2v) is 5.53. The maximum atomic E-state index is 10.9. The normalized spacial score (nSPS) is 12.9. The van der Waals surface area contributed by atoms with E-state index in [9.17, 15) is 8.42 Å². The highest BCUT2D eigenvalue weighted by atomic mass is 32.2. The van der Waals surface area contributed by atoms with Crippen molar-refractivity contribution >= 4 is 10.7 Å². The average Bonchev–Trinajstić information content (AvgIpc) is 2.34. The lowest BCUT2D eigenvalue weighted by Crippen LogP contribution is -2.23. The molecule has 0 aliphatic carbocycles. The molecule has 4 nitrogen and oxygen atoms in total. The molecule has 18 heavy (non-hydrogen) atoms. The largest absolute Gasteiger partial charge is 0.490 e. The predicted octanol–water partition coefficient (Wildman–Crippen LogP) is 1.77. The Morgan fingerprint density at radius 1 is 1.33 bits per heavy atom. The van der Waals surface area contributed by atoms with Crippen LogP contribution < -0.4 is 4.74 Å². The summed E-state index contributed by atoms with van der Waals surface area (Å²) in [5, 5.41) is 0. The molecule has 0 radical (unpaired) electrons. The van der Waals surface area contributed by atoms with Crippen LogP contribution in [0.4, 0.5) is 0 Å². The minimum absolute atomic E-state index is 0.118. The molecule has 0 saturated carbocycles. The van der Waals surface area contributed by atoms with Crippen LogP contribution in [0, 0.1) is 0 Å². The molecule has 1 unspecified atom stereocenters. The van der Waals surface area contributed by atoms with E-state index in [-0.39, 0.29) is 6.10 Å². The van der Waals surface area contributed by atoms with E-state index in [1.54, 1.807) is 24.3 Å². The van der Waals surface area contributed by atoms with Crippen molar-refractivity contribution < 1.29 is 13.2 Å². The van der Waals surface area contributed by atoms with Crippen LogP contribution in [-0.4, -0.2) is 40.1 Å². The van der Waals surface area contributed by atoms with Gasteiger partial charge in [0.2, 0.25) is 0 Å². The third kappa shape index (κ3) is 5.06. The van der Waals surface area contributed by atoms with E-state index in [4.69, 9.17) is 4.74 Å². The zero-order valence-corrected chi connectivity index (χ0v) is 12.0. The molecule has 0 aliphatic rings. The molecule has 1 aromatic carbocycles. The molecule has 102 valence electrons. The van der Waals surface area contributed by atoms with Crippen LogP contribution in [0.2, 0.25) is 0 Å². The third-order valence-corrected chi connectivity index (χ3v) is 3.38.